The third kappa shape index (κ3) is 3.61. The molecule has 3 rings (SSSR count). The van der Waals surface area contributed by atoms with Gasteiger partial charge in [-0.15, -0.1) is 0 Å². The summed E-state index contributed by atoms with van der Waals surface area (Å²) in [6.07, 6.45) is 5.73. The normalized spacial score (nSPS) is 19.3. The summed E-state index contributed by atoms with van der Waals surface area (Å²) in [5.41, 5.74) is 3.17. The van der Waals surface area contributed by atoms with Crippen molar-refractivity contribution < 1.29 is 4.79 Å². The highest BCUT2D eigenvalue weighted by atomic mass is 16.1. The maximum atomic E-state index is 12.5. The second-order valence-electron chi connectivity index (χ2n) is 6.65. The summed E-state index contributed by atoms with van der Waals surface area (Å²) in [7, 11) is 2.19. The fraction of sp³-hybridized carbons (Fsp3) is 0.611. The molecule has 1 aromatic carbocycles. The number of piperidine rings is 1. The van der Waals surface area contributed by atoms with Gasteiger partial charge in [-0.1, -0.05) is 6.07 Å². The lowest BCUT2D eigenvalue weighted by Crippen LogP contribution is -2.33. The third-order valence-electron chi connectivity index (χ3n) is 5.02. The first kappa shape index (κ1) is 15.3. The van der Waals surface area contributed by atoms with Crippen molar-refractivity contribution >= 4 is 11.6 Å². The van der Waals surface area contributed by atoms with Crippen LogP contribution in [0.3, 0.4) is 0 Å². The van der Waals surface area contributed by atoms with Crippen molar-refractivity contribution in [2.24, 2.45) is 5.92 Å². The highest BCUT2D eigenvalue weighted by molar-refractivity contribution is 5.97. The molecule has 2 heterocycles. The molecule has 1 fully saturated rings. The maximum absolute atomic E-state index is 12.5. The zero-order chi connectivity index (χ0) is 15.4. The van der Waals surface area contributed by atoms with Crippen molar-refractivity contribution in [3.05, 3.63) is 29.3 Å². The molecule has 2 aliphatic rings. The number of amides is 1. The minimum Gasteiger partial charge on any atom is -0.385 e. The van der Waals surface area contributed by atoms with Gasteiger partial charge in [0.25, 0.3) is 5.91 Å². The summed E-state index contributed by atoms with van der Waals surface area (Å²) < 4.78 is 0. The summed E-state index contributed by atoms with van der Waals surface area (Å²) >= 11 is 0. The van der Waals surface area contributed by atoms with E-state index in [0.29, 0.717) is 0 Å². The van der Waals surface area contributed by atoms with E-state index >= 15 is 0 Å². The number of rotatable bonds is 4. The lowest BCUT2D eigenvalue weighted by Gasteiger charge is -2.29. The van der Waals surface area contributed by atoms with Gasteiger partial charge in [0.2, 0.25) is 0 Å². The van der Waals surface area contributed by atoms with Gasteiger partial charge in [-0.25, -0.2) is 0 Å². The van der Waals surface area contributed by atoms with Crippen LogP contribution in [0.25, 0.3) is 0 Å². The molecule has 0 aromatic heterocycles. The Balaban J connectivity index is 1.52. The molecule has 1 saturated heterocycles. The molecular formula is C18H27N3O. The predicted molar refractivity (Wildman–Crippen MR) is 90.4 cm³/mol. The van der Waals surface area contributed by atoms with Gasteiger partial charge in [-0.3, -0.25) is 4.79 Å². The van der Waals surface area contributed by atoms with E-state index in [2.05, 4.69) is 28.6 Å². The van der Waals surface area contributed by atoms with Crippen LogP contribution in [0.4, 0.5) is 5.69 Å². The van der Waals surface area contributed by atoms with Crippen LogP contribution in [0.15, 0.2) is 18.2 Å². The molecule has 4 nitrogen and oxygen atoms in total. The molecule has 1 amide bonds. The van der Waals surface area contributed by atoms with E-state index in [9.17, 15) is 4.79 Å². The van der Waals surface area contributed by atoms with Crippen LogP contribution in [-0.4, -0.2) is 44.0 Å². The van der Waals surface area contributed by atoms with Crippen molar-refractivity contribution in [2.45, 2.75) is 32.1 Å². The van der Waals surface area contributed by atoms with Gasteiger partial charge in [-0.2, -0.15) is 0 Å². The zero-order valence-electron chi connectivity index (χ0n) is 13.5. The van der Waals surface area contributed by atoms with E-state index in [-0.39, 0.29) is 5.91 Å². The lowest BCUT2D eigenvalue weighted by atomic mass is 9.93. The SMILES string of the molecule is CN1CCC(CCNC(=O)c2cccc3c2CCCN3)CC1. The summed E-state index contributed by atoms with van der Waals surface area (Å²) in [4.78, 5) is 14.9. The fourth-order valence-corrected chi connectivity index (χ4v) is 3.56. The number of benzene rings is 1. The number of likely N-dealkylation sites (tertiary alicyclic amines) is 1. The Kier molecular flexibility index (Phi) is 4.98. The fourth-order valence-electron chi connectivity index (χ4n) is 3.56. The minimum atomic E-state index is 0.0912. The minimum absolute atomic E-state index is 0.0912. The molecule has 0 spiro atoms. The number of anilines is 1. The van der Waals surface area contributed by atoms with Crippen LogP contribution in [0, 0.1) is 5.92 Å². The van der Waals surface area contributed by atoms with Crippen LogP contribution in [-0.2, 0) is 6.42 Å². The first-order chi connectivity index (χ1) is 10.7. The van der Waals surface area contributed by atoms with Crippen molar-refractivity contribution in [1.82, 2.24) is 10.2 Å². The van der Waals surface area contributed by atoms with Gasteiger partial charge in [0.1, 0.15) is 0 Å². The second-order valence-corrected chi connectivity index (χ2v) is 6.65. The van der Waals surface area contributed by atoms with E-state index < -0.39 is 0 Å². The zero-order valence-corrected chi connectivity index (χ0v) is 13.5. The summed E-state index contributed by atoms with van der Waals surface area (Å²) in [6.45, 7) is 4.19. The molecule has 0 bridgehead atoms. The number of hydrogen-bond acceptors (Lipinski definition) is 3. The van der Waals surface area contributed by atoms with Gasteiger partial charge in [0, 0.05) is 24.3 Å². The van der Waals surface area contributed by atoms with E-state index in [0.717, 1.165) is 49.5 Å². The maximum Gasteiger partial charge on any atom is 0.251 e. The number of carbonyl (C=O) groups excluding carboxylic acids is 1. The standard InChI is InChI=1S/C18H27N3O/c1-21-12-8-14(9-13-21)7-11-20-18(22)16-4-2-6-17-15(16)5-3-10-19-17/h2,4,6,14,19H,3,5,7-13H2,1H3,(H,20,22). The Hall–Kier alpha value is -1.55. The lowest BCUT2D eigenvalue weighted by molar-refractivity contribution is 0.0948. The van der Waals surface area contributed by atoms with E-state index in [1.165, 1.54) is 31.5 Å². The molecule has 1 aromatic rings. The quantitative estimate of drug-likeness (QED) is 0.898. The molecule has 0 unspecified atom stereocenters. The van der Waals surface area contributed by atoms with E-state index in [1.807, 2.05) is 12.1 Å². The Morgan fingerprint density at radius 2 is 2.18 bits per heavy atom. The number of nitrogens with zero attached hydrogens (tertiary/aromatic N) is 1. The average Bonchev–Trinajstić information content (AvgIpc) is 2.56. The Labute approximate surface area is 133 Å². The van der Waals surface area contributed by atoms with Crippen LogP contribution in [0.2, 0.25) is 0 Å². The van der Waals surface area contributed by atoms with Gasteiger partial charge >= 0.3 is 0 Å². The molecule has 2 aliphatic heterocycles. The van der Waals surface area contributed by atoms with E-state index in [4.69, 9.17) is 0 Å². The summed E-state index contributed by atoms with van der Waals surface area (Å²) in [5.74, 6) is 0.858. The van der Waals surface area contributed by atoms with Crippen molar-refractivity contribution in [2.75, 3.05) is 38.5 Å². The van der Waals surface area contributed by atoms with Crippen molar-refractivity contribution in [1.29, 1.82) is 0 Å². The predicted octanol–water partition coefficient (Wildman–Crippen LogP) is 2.51. The van der Waals surface area contributed by atoms with Gasteiger partial charge in [0.15, 0.2) is 0 Å². The molecule has 22 heavy (non-hydrogen) atoms. The Bertz CT molecular complexity index is 521. The Morgan fingerprint density at radius 3 is 3.00 bits per heavy atom. The molecule has 4 heteroatoms. The van der Waals surface area contributed by atoms with E-state index in [1.54, 1.807) is 0 Å². The topological polar surface area (TPSA) is 44.4 Å². The van der Waals surface area contributed by atoms with Gasteiger partial charge < -0.3 is 15.5 Å². The molecule has 2 N–H and O–H groups in total. The first-order valence-corrected chi connectivity index (χ1v) is 8.56. The monoisotopic (exact) mass is 301 g/mol. The molecule has 0 aliphatic carbocycles. The first-order valence-electron chi connectivity index (χ1n) is 8.56. The van der Waals surface area contributed by atoms with Crippen LogP contribution >= 0.6 is 0 Å². The highest BCUT2D eigenvalue weighted by Gasteiger charge is 2.19. The number of hydrogen-bond donors (Lipinski definition) is 2. The van der Waals surface area contributed by atoms with Crippen LogP contribution in [0.1, 0.15) is 41.6 Å². The Morgan fingerprint density at radius 1 is 1.36 bits per heavy atom. The molecule has 0 radical (unpaired) electrons. The number of carbonyl (C=O) groups is 1. The smallest absolute Gasteiger partial charge is 0.251 e. The number of nitrogens with one attached hydrogen (secondary N) is 2. The molecule has 0 atom stereocenters. The van der Waals surface area contributed by atoms with Crippen molar-refractivity contribution in [3.63, 3.8) is 0 Å². The third-order valence-corrected chi connectivity index (χ3v) is 5.02. The average molecular weight is 301 g/mol. The molecule has 0 saturated carbocycles. The van der Waals surface area contributed by atoms with Gasteiger partial charge in [-0.05, 0) is 75.9 Å². The summed E-state index contributed by atoms with van der Waals surface area (Å²) in [5, 5.41) is 6.51. The molecule has 120 valence electrons. The number of fused-ring (bicyclic) bond motifs is 1. The van der Waals surface area contributed by atoms with Crippen LogP contribution in [0.5, 0.6) is 0 Å². The second kappa shape index (κ2) is 7.14. The largest absolute Gasteiger partial charge is 0.385 e. The molecular weight excluding hydrogens is 274 g/mol. The highest BCUT2D eigenvalue weighted by Crippen LogP contribution is 2.25. The van der Waals surface area contributed by atoms with Gasteiger partial charge in [0.05, 0.1) is 0 Å². The van der Waals surface area contributed by atoms with Crippen LogP contribution < -0.4 is 10.6 Å². The van der Waals surface area contributed by atoms with Crippen molar-refractivity contribution in [3.8, 4) is 0 Å². The summed E-state index contributed by atoms with van der Waals surface area (Å²) in [6, 6.07) is 6.00.